The molecule has 0 spiro atoms. The number of methoxy groups -OCH3 is 1. The minimum absolute atomic E-state index is 0.155. The predicted molar refractivity (Wildman–Crippen MR) is 93.2 cm³/mol. The maximum absolute atomic E-state index is 11.8. The van der Waals surface area contributed by atoms with Crippen LogP contribution in [0.4, 0.5) is 4.79 Å². The lowest BCUT2D eigenvalue weighted by atomic mass is 10.3. The first kappa shape index (κ1) is 18.3. The third kappa shape index (κ3) is 6.50. The normalized spacial score (nSPS) is 11.3. The number of rotatable bonds is 8. The minimum atomic E-state index is -0.521. The molecule has 2 rings (SSSR count). The van der Waals surface area contributed by atoms with Gasteiger partial charge in [-0.2, -0.15) is 0 Å². The Kier molecular flexibility index (Phi) is 6.76. The molecule has 7 heteroatoms. The van der Waals surface area contributed by atoms with Gasteiger partial charge in [0.1, 0.15) is 29.6 Å². The molecule has 2 amide bonds. The van der Waals surface area contributed by atoms with Gasteiger partial charge < -0.3 is 30.0 Å². The van der Waals surface area contributed by atoms with Crippen LogP contribution >= 0.6 is 0 Å². The molecule has 0 fully saturated rings. The van der Waals surface area contributed by atoms with Crippen molar-refractivity contribution in [1.29, 1.82) is 0 Å². The monoisotopic (exact) mass is 346 g/mol. The van der Waals surface area contributed by atoms with E-state index < -0.39 is 6.23 Å². The highest BCUT2D eigenvalue weighted by Crippen LogP contribution is 2.17. The average molecular weight is 346 g/mol. The number of benzene rings is 2. The molecule has 0 heterocycles. The molecule has 7 nitrogen and oxygen atoms in total. The second kappa shape index (κ2) is 9.27. The molecule has 134 valence electrons. The van der Waals surface area contributed by atoms with Crippen molar-refractivity contribution in [2.75, 3.05) is 20.3 Å². The standard InChI is InChI=1S/C18H22N2O5/c1-13(25-17-5-3-14(21)4-6-17)20-18(22)19-11-12-24-16-9-7-15(23-2)8-10-16/h3-10,13,21H,11-12H2,1-2H3,(H2,19,20,22). The van der Waals surface area contributed by atoms with Crippen molar-refractivity contribution >= 4 is 6.03 Å². The van der Waals surface area contributed by atoms with Gasteiger partial charge in [-0.15, -0.1) is 0 Å². The zero-order valence-corrected chi connectivity index (χ0v) is 14.2. The van der Waals surface area contributed by atoms with Crippen molar-refractivity contribution in [2.24, 2.45) is 0 Å². The quantitative estimate of drug-likeness (QED) is 0.505. The highest BCUT2D eigenvalue weighted by molar-refractivity contribution is 5.73. The Morgan fingerprint density at radius 1 is 1.04 bits per heavy atom. The Hall–Kier alpha value is -3.09. The molecule has 0 saturated heterocycles. The first-order chi connectivity index (χ1) is 12.1. The Labute approximate surface area is 146 Å². The van der Waals surface area contributed by atoms with Gasteiger partial charge >= 0.3 is 6.03 Å². The molecule has 0 aliphatic carbocycles. The molecule has 0 saturated carbocycles. The summed E-state index contributed by atoms with van der Waals surface area (Å²) in [5, 5.41) is 14.5. The van der Waals surface area contributed by atoms with Crippen molar-refractivity contribution in [1.82, 2.24) is 10.6 Å². The van der Waals surface area contributed by atoms with Crippen molar-refractivity contribution in [3.05, 3.63) is 48.5 Å². The van der Waals surface area contributed by atoms with Crippen molar-refractivity contribution in [3.63, 3.8) is 0 Å². The van der Waals surface area contributed by atoms with Crippen molar-refractivity contribution < 1.29 is 24.1 Å². The van der Waals surface area contributed by atoms with E-state index in [9.17, 15) is 9.90 Å². The molecule has 2 aromatic rings. The Balaban J connectivity index is 1.63. The van der Waals surface area contributed by atoms with E-state index in [1.165, 1.54) is 12.1 Å². The predicted octanol–water partition coefficient (Wildman–Crippen LogP) is 2.50. The molecule has 0 aliphatic heterocycles. The summed E-state index contributed by atoms with van der Waals surface area (Å²) >= 11 is 0. The maximum Gasteiger partial charge on any atom is 0.317 e. The fraction of sp³-hybridized carbons (Fsp3) is 0.278. The van der Waals surface area contributed by atoms with Gasteiger partial charge in [-0.05, 0) is 55.5 Å². The largest absolute Gasteiger partial charge is 0.508 e. The van der Waals surface area contributed by atoms with E-state index >= 15 is 0 Å². The van der Waals surface area contributed by atoms with Crippen LogP contribution < -0.4 is 24.8 Å². The molecule has 1 atom stereocenters. The zero-order valence-electron chi connectivity index (χ0n) is 14.2. The minimum Gasteiger partial charge on any atom is -0.508 e. The summed E-state index contributed by atoms with van der Waals surface area (Å²) in [6.45, 7) is 2.40. The van der Waals surface area contributed by atoms with Gasteiger partial charge in [0.2, 0.25) is 0 Å². The van der Waals surface area contributed by atoms with E-state index in [-0.39, 0.29) is 11.8 Å². The molecule has 25 heavy (non-hydrogen) atoms. The third-order valence-electron chi connectivity index (χ3n) is 3.20. The van der Waals surface area contributed by atoms with Gasteiger partial charge in [-0.1, -0.05) is 0 Å². The maximum atomic E-state index is 11.8. The SMILES string of the molecule is COc1ccc(OCCNC(=O)NC(C)Oc2ccc(O)cc2)cc1. The van der Waals surface area contributed by atoms with Crippen molar-refractivity contribution in [3.8, 4) is 23.0 Å². The van der Waals surface area contributed by atoms with Crippen LogP contribution in [0.2, 0.25) is 0 Å². The number of aromatic hydroxyl groups is 1. The summed E-state index contributed by atoms with van der Waals surface area (Å²) in [4.78, 5) is 11.8. The van der Waals surface area contributed by atoms with Gasteiger partial charge in [-0.3, -0.25) is 0 Å². The molecule has 0 bridgehead atoms. The summed E-state index contributed by atoms with van der Waals surface area (Å²) in [5.74, 6) is 2.16. The highest BCUT2D eigenvalue weighted by atomic mass is 16.5. The summed E-state index contributed by atoms with van der Waals surface area (Å²) in [5.41, 5.74) is 0. The number of phenols is 1. The summed E-state index contributed by atoms with van der Waals surface area (Å²) < 4.78 is 16.1. The van der Waals surface area contributed by atoms with Crippen LogP contribution in [0.3, 0.4) is 0 Å². The molecule has 1 unspecified atom stereocenters. The van der Waals surface area contributed by atoms with E-state index in [0.29, 0.717) is 24.7 Å². The van der Waals surface area contributed by atoms with Gasteiger partial charge in [0.15, 0.2) is 6.23 Å². The Morgan fingerprint density at radius 2 is 1.64 bits per heavy atom. The van der Waals surface area contributed by atoms with Gasteiger partial charge in [0.25, 0.3) is 0 Å². The van der Waals surface area contributed by atoms with Gasteiger partial charge in [0, 0.05) is 0 Å². The number of hydrogen-bond acceptors (Lipinski definition) is 5. The van der Waals surface area contributed by atoms with E-state index in [2.05, 4.69) is 10.6 Å². The summed E-state index contributed by atoms with van der Waals surface area (Å²) in [6, 6.07) is 13.1. The second-order valence-electron chi connectivity index (χ2n) is 5.18. The first-order valence-electron chi connectivity index (χ1n) is 7.84. The topological polar surface area (TPSA) is 89.1 Å². The number of urea groups is 1. The lowest BCUT2D eigenvalue weighted by Gasteiger charge is -2.17. The molecule has 2 aromatic carbocycles. The van der Waals surface area contributed by atoms with Crippen LogP contribution in [0.1, 0.15) is 6.92 Å². The van der Waals surface area contributed by atoms with E-state index in [0.717, 1.165) is 5.75 Å². The third-order valence-corrected chi connectivity index (χ3v) is 3.20. The number of phenolic OH excluding ortho intramolecular Hbond substituents is 1. The van der Waals surface area contributed by atoms with Crippen LogP contribution in [-0.4, -0.2) is 37.6 Å². The smallest absolute Gasteiger partial charge is 0.317 e. The molecule has 3 N–H and O–H groups in total. The van der Waals surface area contributed by atoms with E-state index in [4.69, 9.17) is 14.2 Å². The Morgan fingerprint density at radius 3 is 2.28 bits per heavy atom. The molecule has 0 aliphatic rings. The van der Waals surface area contributed by atoms with Gasteiger partial charge in [0.05, 0.1) is 13.7 Å². The van der Waals surface area contributed by atoms with Crippen molar-refractivity contribution in [2.45, 2.75) is 13.2 Å². The zero-order chi connectivity index (χ0) is 18.1. The van der Waals surface area contributed by atoms with Crippen LogP contribution in [0.5, 0.6) is 23.0 Å². The van der Waals surface area contributed by atoms with E-state index in [1.807, 2.05) is 0 Å². The number of carbonyl (C=O) groups is 1. The van der Waals surface area contributed by atoms with Crippen LogP contribution in [0.25, 0.3) is 0 Å². The first-order valence-corrected chi connectivity index (χ1v) is 7.84. The summed E-state index contributed by atoms with van der Waals surface area (Å²) in [6.07, 6.45) is -0.521. The fourth-order valence-electron chi connectivity index (χ4n) is 2.00. The molecular formula is C18H22N2O5. The molecular weight excluding hydrogens is 324 g/mol. The number of amides is 2. The number of carbonyl (C=O) groups excluding carboxylic acids is 1. The average Bonchev–Trinajstić information content (AvgIpc) is 2.61. The highest BCUT2D eigenvalue weighted by Gasteiger charge is 2.08. The Bertz CT molecular complexity index is 658. The summed E-state index contributed by atoms with van der Waals surface area (Å²) in [7, 11) is 1.60. The van der Waals surface area contributed by atoms with E-state index in [1.54, 1.807) is 50.4 Å². The second-order valence-corrected chi connectivity index (χ2v) is 5.18. The fourth-order valence-corrected chi connectivity index (χ4v) is 2.00. The molecule has 0 aromatic heterocycles. The number of hydrogen-bond donors (Lipinski definition) is 3. The van der Waals surface area contributed by atoms with Crippen LogP contribution in [-0.2, 0) is 0 Å². The molecule has 0 radical (unpaired) electrons. The van der Waals surface area contributed by atoms with Crippen LogP contribution in [0, 0.1) is 0 Å². The number of ether oxygens (including phenoxy) is 3. The number of nitrogens with one attached hydrogen (secondary N) is 2. The van der Waals surface area contributed by atoms with Crippen LogP contribution in [0.15, 0.2) is 48.5 Å². The van der Waals surface area contributed by atoms with Gasteiger partial charge in [-0.25, -0.2) is 4.79 Å². The lowest BCUT2D eigenvalue weighted by Crippen LogP contribution is -2.44. The lowest BCUT2D eigenvalue weighted by molar-refractivity contribution is 0.176.